The standard InChI is InChI=1S/C12H20N4/c1-2-10-7-14-12(15-8-10)16-9-11-4-3-5-13-6-11/h7-8,11,13H,2-6,9H2,1H3,(H,14,15,16). The van der Waals surface area contributed by atoms with E-state index in [-0.39, 0.29) is 0 Å². The molecular formula is C12H20N4. The first kappa shape index (κ1) is 11.3. The molecule has 0 aromatic carbocycles. The number of rotatable bonds is 4. The van der Waals surface area contributed by atoms with E-state index in [2.05, 4.69) is 27.5 Å². The normalized spacial score (nSPS) is 20.7. The van der Waals surface area contributed by atoms with Crippen molar-refractivity contribution in [1.82, 2.24) is 15.3 Å². The van der Waals surface area contributed by atoms with E-state index in [1.807, 2.05) is 12.4 Å². The van der Waals surface area contributed by atoms with Crippen LogP contribution in [0.1, 0.15) is 25.3 Å². The van der Waals surface area contributed by atoms with E-state index in [9.17, 15) is 0 Å². The third-order valence-corrected chi connectivity index (χ3v) is 3.06. The van der Waals surface area contributed by atoms with Gasteiger partial charge in [-0.25, -0.2) is 9.97 Å². The Morgan fingerprint density at radius 2 is 2.25 bits per heavy atom. The van der Waals surface area contributed by atoms with Crippen LogP contribution in [0.4, 0.5) is 5.95 Å². The number of hydrogen-bond acceptors (Lipinski definition) is 4. The molecule has 2 heterocycles. The average Bonchev–Trinajstić information content (AvgIpc) is 2.38. The summed E-state index contributed by atoms with van der Waals surface area (Å²) in [5, 5.41) is 6.71. The van der Waals surface area contributed by atoms with E-state index in [1.165, 1.54) is 18.4 Å². The molecule has 2 N–H and O–H groups in total. The smallest absolute Gasteiger partial charge is 0.222 e. The first-order valence-electron chi connectivity index (χ1n) is 6.14. The molecule has 4 heteroatoms. The summed E-state index contributed by atoms with van der Waals surface area (Å²) >= 11 is 0. The summed E-state index contributed by atoms with van der Waals surface area (Å²) in [6.45, 7) is 5.36. The van der Waals surface area contributed by atoms with Gasteiger partial charge in [0.2, 0.25) is 5.95 Å². The summed E-state index contributed by atoms with van der Waals surface area (Å²) in [6, 6.07) is 0. The van der Waals surface area contributed by atoms with Gasteiger partial charge in [-0.3, -0.25) is 0 Å². The van der Waals surface area contributed by atoms with Crippen molar-refractivity contribution < 1.29 is 0 Å². The predicted octanol–water partition coefficient (Wildman–Crippen LogP) is 1.45. The number of nitrogens with zero attached hydrogens (tertiary/aromatic N) is 2. The van der Waals surface area contributed by atoms with Crippen molar-refractivity contribution in [3.63, 3.8) is 0 Å². The Morgan fingerprint density at radius 1 is 1.44 bits per heavy atom. The van der Waals surface area contributed by atoms with E-state index in [0.717, 1.165) is 32.0 Å². The molecule has 1 aromatic heterocycles. The molecule has 16 heavy (non-hydrogen) atoms. The largest absolute Gasteiger partial charge is 0.354 e. The third-order valence-electron chi connectivity index (χ3n) is 3.06. The second kappa shape index (κ2) is 5.80. The lowest BCUT2D eigenvalue weighted by Crippen LogP contribution is -2.33. The van der Waals surface area contributed by atoms with Gasteiger partial charge in [0.25, 0.3) is 0 Å². The summed E-state index contributed by atoms with van der Waals surface area (Å²) in [5.74, 6) is 1.46. The second-order valence-electron chi connectivity index (χ2n) is 4.36. The van der Waals surface area contributed by atoms with E-state index in [4.69, 9.17) is 0 Å². The SMILES string of the molecule is CCc1cnc(NCC2CCCNC2)nc1. The van der Waals surface area contributed by atoms with Crippen LogP contribution in [-0.2, 0) is 6.42 Å². The Labute approximate surface area is 96.9 Å². The maximum atomic E-state index is 4.29. The fraction of sp³-hybridized carbons (Fsp3) is 0.667. The minimum atomic E-state index is 0.711. The first-order valence-corrected chi connectivity index (χ1v) is 6.14. The quantitative estimate of drug-likeness (QED) is 0.806. The van der Waals surface area contributed by atoms with Crippen molar-refractivity contribution in [1.29, 1.82) is 0 Å². The van der Waals surface area contributed by atoms with Crippen molar-refractivity contribution in [3.05, 3.63) is 18.0 Å². The zero-order valence-corrected chi connectivity index (χ0v) is 9.87. The summed E-state index contributed by atoms with van der Waals surface area (Å²) in [5.41, 5.74) is 1.19. The van der Waals surface area contributed by atoms with Crippen LogP contribution in [0.15, 0.2) is 12.4 Å². The van der Waals surface area contributed by atoms with Gasteiger partial charge < -0.3 is 10.6 Å². The molecule has 1 fully saturated rings. The Balaban J connectivity index is 1.79. The Morgan fingerprint density at radius 3 is 2.88 bits per heavy atom. The topological polar surface area (TPSA) is 49.8 Å². The van der Waals surface area contributed by atoms with Crippen molar-refractivity contribution >= 4 is 5.95 Å². The lowest BCUT2D eigenvalue weighted by atomic mass is 10.00. The predicted molar refractivity (Wildman–Crippen MR) is 65.5 cm³/mol. The lowest BCUT2D eigenvalue weighted by molar-refractivity contribution is 0.392. The highest BCUT2D eigenvalue weighted by Gasteiger charge is 2.12. The molecule has 0 bridgehead atoms. The molecule has 1 unspecified atom stereocenters. The van der Waals surface area contributed by atoms with Gasteiger partial charge in [-0.1, -0.05) is 6.92 Å². The van der Waals surface area contributed by atoms with Crippen molar-refractivity contribution in [2.24, 2.45) is 5.92 Å². The van der Waals surface area contributed by atoms with Crippen LogP contribution in [0.25, 0.3) is 0 Å². The summed E-state index contributed by atoms with van der Waals surface area (Å²) < 4.78 is 0. The number of piperidine rings is 1. The van der Waals surface area contributed by atoms with E-state index in [1.54, 1.807) is 0 Å². The molecule has 0 aliphatic carbocycles. The molecule has 0 saturated carbocycles. The molecular weight excluding hydrogens is 200 g/mol. The molecule has 1 saturated heterocycles. The molecule has 2 rings (SSSR count). The number of hydrogen-bond donors (Lipinski definition) is 2. The van der Waals surface area contributed by atoms with Crippen LogP contribution >= 0.6 is 0 Å². The molecule has 1 aliphatic rings. The molecule has 0 amide bonds. The fourth-order valence-electron chi connectivity index (χ4n) is 1.96. The highest BCUT2D eigenvalue weighted by Crippen LogP contribution is 2.10. The average molecular weight is 220 g/mol. The zero-order chi connectivity index (χ0) is 11.2. The summed E-state index contributed by atoms with van der Waals surface area (Å²) in [7, 11) is 0. The summed E-state index contributed by atoms with van der Waals surface area (Å²) in [4.78, 5) is 8.58. The number of aryl methyl sites for hydroxylation is 1. The Kier molecular flexibility index (Phi) is 4.10. The van der Waals surface area contributed by atoms with Crippen LogP contribution in [0.3, 0.4) is 0 Å². The highest BCUT2D eigenvalue weighted by molar-refractivity contribution is 5.24. The van der Waals surface area contributed by atoms with Gasteiger partial charge in [0, 0.05) is 18.9 Å². The minimum Gasteiger partial charge on any atom is -0.354 e. The van der Waals surface area contributed by atoms with Gasteiger partial charge >= 0.3 is 0 Å². The summed E-state index contributed by atoms with van der Waals surface area (Å²) in [6.07, 6.45) is 7.37. The maximum Gasteiger partial charge on any atom is 0.222 e. The third kappa shape index (κ3) is 3.17. The van der Waals surface area contributed by atoms with Gasteiger partial charge in [-0.15, -0.1) is 0 Å². The van der Waals surface area contributed by atoms with Crippen LogP contribution in [0.2, 0.25) is 0 Å². The van der Waals surface area contributed by atoms with Gasteiger partial charge in [0.1, 0.15) is 0 Å². The molecule has 4 nitrogen and oxygen atoms in total. The molecule has 1 aliphatic heterocycles. The van der Waals surface area contributed by atoms with Gasteiger partial charge in [0.15, 0.2) is 0 Å². The van der Waals surface area contributed by atoms with E-state index < -0.39 is 0 Å². The maximum absolute atomic E-state index is 4.29. The number of aromatic nitrogens is 2. The van der Waals surface area contributed by atoms with Crippen LogP contribution < -0.4 is 10.6 Å². The first-order chi connectivity index (χ1) is 7.88. The van der Waals surface area contributed by atoms with Crippen LogP contribution in [0.5, 0.6) is 0 Å². The monoisotopic (exact) mass is 220 g/mol. The highest BCUT2D eigenvalue weighted by atomic mass is 15.1. The Hall–Kier alpha value is -1.16. The van der Waals surface area contributed by atoms with Crippen molar-refractivity contribution in [2.75, 3.05) is 25.0 Å². The lowest BCUT2D eigenvalue weighted by Gasteiger charge is -2.22. The minimum absolute atomic E-state index is 0.711. The van der Waals surface area contributed by atoms with Crippen LogP contribution in [-0.4, -0.2) is 29.6 Å². The van der Waals surface area contributed by atoms with Gasteiger partial charge in [-0.2, -0.15) is 0 Å². The zero-order valence-electron chi connectivity index (χ0n) is 9.87. The molecule has 0 radical (unpaired) electrons. The second-order valence-corrected chi connectivity index (χ2v) is 4.36. The fourth-order valence-corrected chi connectivity index (χ4v) is 1.96. The van der Waals surface area contributed by atoms with E-state index in [0.29, 0.717) is 5.92 Å². The molecule has 1 aromatic rings. The van der Waals surface area contributed by atoms with E-state index >= 15 is 0 Å². The molecule has 88 valence electrons. The molecule has 1 atom stereocenters. The Bertz CT molecular complexity index is 303. The van der Waals surface area contributed by atoms with Crippen molar-refractivity contribution in [3.8, 4) is 0 Å². The number of nitrogens with one attached hydrogen (secondary N) is 2. The van der Waals surface area contributed by atoms with Gasteiger partial charge in [0.05, 0.1) is 0 Å². The van der Waals surface area contributed by atoms with Gasteiger partial charge in [-0.05, 0) is 43.8 Å². The molecule has 0 spiro atoms. The van der Waals surface area contributed by atoms with Crippen LogP contribution in [0, 0.1) is 5.92 Å². The number of anilines is 1. The van der Waals surface area contributed by atoms with Crippen molar-refractivity contribution in [2.45, 2.75) is 26.2 Å².